The molecule has 2 aromatic carbocycles. The molecule has 2 amide bonds. The molecule has 0 radical (unpaired) electrons. The second-order valence-electron chi connectivity index (χ2n) is 6.98. The van der Waals surface area contributed by atoms with E-state index in [1.165, 1.54) is 24.3 Å². The quantitative estimate of drug-likeness (QED) is 0.844. The summed E-state index contributed by atoms with van der Waals surface area (Å²) in [6.07, 6.45) is 1.28. The van der Waals surface area contributed by atoms with Crippen molar-refractivity contribution in [2.75, 3.05) is 24.5 Å². The molecule has 0 aliphatic carbocycles. The van der Waals surface area contributed by atoms with Gasteiger partial charge in [-0.05, 0) is 42.8 Å². The van der Waals surface area contributed by atoms with Crippen LogP contribution in [0.15, 0.2) is 54.6 Å². The van der Waals surface area contributed by atoms with Crippen LogP contribution < -0.4 is 4.90 Å². The van der Waals surface area contributed by atoms with E-state index in [0.717, 1.165) is 12.1 Å². The summed E-state index contributed by atoms with van der Waals surface area (Å²) < 4.78 is 13.0. The molecule has 0 aromatic heterocycles. The van der Waals surface area contributed by atoms with Crippen molar-refractivity contribution in [2.45, 2.75) is 12.8 Å². The highest BCUT2D eigenvalue weighted by Gasteiger charge is 2.48. The predicted molar refractivity (Wildman–Crippen MR) is 92.8 cm³/mol. The predicted octanol–water partition coefficient (Wildman–Crippen LogP) is 3.09. The van der Waals surface area contributed by atoms with Crippen LogP contribution in [-0.4, -0.2) is 36.3 Å². The molecule has 128 valence electrons. The summed E-state index contributed by atoms with van der Waals surface area (Å²) in [5, 5.41) is 0. The first-order chi connectivity index (χ1) is 12.1. The van der Waals surface area contributed by atoms with E-state index in [1.54, 1.807) is 4.90 Å². The van der Waals surface area contributed by atoms with Crippen LogP contribution >= 0.6 is 0 Å². The lowest BCUT2D eigenvalue weighted by Gasteiger charge is -2.24. The number of carbonyl (C=O) groups is 2. The van der Waals surface area contributed by atoms with E-state index in [0.29, 0.717) is 31.6 Å². The van der Waals surface area contributed by atoms with Gasteiger partial charge in [0, 0.05) is 42.7 Å². The maximum absolute atomic E-state index is 13.0. The highest BCUT2D eigenvalue weighted by molar-refractivity contribution is 5.97. The minimum Gasteiger partial charge on any atom is -0.338 e. The fourth-order valence-electron chi connectivity index (χ4n) is 3.90. The van der Waals surface area contributed by atoms with Crippen molar-refractivity contribution in [3.63, 3.8) is 0 Å². The number of para-hydroxylation sites is 1. The lowest BCUT2D eigenvalue weighted by molar-refractivity contribution is -0.117. The second-order valence-corrected chi connectivity index (χ2v) is 6.98. The Labute approximate surface area is 145 Å². The van der Waals surface area contributed by atoms with Gasteiger partial charge in [-0.3, -0.25) is 9.59 Å². The Hall–Kier alpha value is -2.69. The molecule has 2 aliphatic heterocycles. The van der Waals surface area contributed by atoms with E-state index in [4.69, 9.17) is 0 Å². The number of hydrogen-bond acceptors (Lipinski definition) is 2. The normalized spacial score (nSPS) is 22.8. The fraction of sp³-hybridized carbons (Fsp3) is 0.300. The lowest BCUT2D eigenvalue weighted by Crippen LogP contribution is -2.34. The zero-order chi connectivity index (χ0) is 17.4. The third-order valence-electron chi connectivity index (χ3n) is 5.21. The maximum atomic E-state index is 13.0. The summed E-state index contributed by atoms with van der Waals surface area (Å²) in [7, 11) is 0. The van der Waals surface area contributed by atoms with Crippen molar-refractivity contribution in [3.05, 3.63) is 66.0 Å². The number of anilines is 1. The molecule has 0 saturated carbocycles. The Morgan fingerprint density at radius 3 is 2.44 bits per heavy atom. The number of amides is 2. The van der Waals surface area contributed by atoms with Crippen LogP contribution in [-0.2, 0) is 4.79 Å². The van der Waals surface area contributed by atoms with Crippen molar-refractivity contribution in [1.82, 2.24) is 4.90 Å². The van der Waals surface area contributed by atoms with Gasteiger partial charge >= 0.3 is 0 Å². The Morgan fingerprint density at radius 2 is 1.72 bits per heavy atom. The molecule has 4 nitrogen and oxygen atoms in total. The van der Waals surface area contributed by atoms with Crippen LogP contribution in [0, 0.1) is 11.2 Å². The summed E-state index contributed by atoms with van der Waals surface area (Å²) in [4.78, 5) is 28.7. The Kier molecular flexibility index (Phi) is 3.79. The van der Waals surface area contributed by atoms with Gasteiger partial charge in [-0.15, -0.1) is 0 Å². The summed E-state index contributed by atoms with van der Waals surface area (Å²) in [6.45, 7) is 1.84. The van der Waals surface area contributed by atoms with Crippen LogP contribution in [0.1, 0.15) is 23.2 Å². The maximum Gasteiger partial charge on any atom is 0.253 e. The molecule has 2 saturated heterocycles. The zero-order valence-corrected chi connectivity index (χ0v) is 13.8. The molecule has 2 aliphatic rings. The third kappa shape index (κ3) is 2.90. The molecule has 2 fully saturated rings. The zero-order valence-electron chi connectivity index (χ0n) is 13.8. The molecule has 1 spiro atoms. The molecule has 1 atom stereocenters. The first kappa shape index (κ1) is 15.8. The van der Waals surface area contributed by atoms with Crippen molar-refractivity contribution in [2.24, 2.45) is 5.41 Å². The van der Waals surface area contributed by atoms with Crippen molar-refractivity contribution in [3.8, 4) is 0 Å². The van der Waals surface area contributed by atoms with Gasteiger partial charge in [0.25, 0.3) is 5.91 Å². The molecule has 0 N–H and O–H groups in total. The molecule has 0 bridgehead atoms. The van der Waals surface area contributed by atoms with Crippen LogP contribution in [0.2, 0.25) is 0 Å². The number of hydrogen-bond donors (Lipinski definition) is 0. The molecule has 4 rings (SSSR count). The number of carbonyl (C=O) groups excluding carboxylic acids is 2. The number of benzene rings is 2. The Balaban J connectivity index is 1.49. The average Bonchev–Trinajstić information content (AvgIpc) is 3.19. The molecule has 5 heteroatoms. The summed E-state index contributed by atoms with van der Waals surface area (Å²) in [5.41, 5.74) is 1.22. The highest BCUT2D eigenvalue weighted by Crippen LogP contribution is 2.42. The number of likely N-dealkylation sites (tertiary alicyclic amines) is 1. The van der Waals surface area contributed by atoms with E-state index in [2.05, 4.69) is 0 Å². The first-order valence-corrected chi connectivity index (χ1v) is 8.47. The molecule has 2 heterocycles. The van der Waals surface area contributed by atoms with Gasteiger partial charge in [-0.1, -0.05) is 18.2 Å². The van der Waals surface area contributed by atoms with E-state index in [9.17, 15) is 14.0 Å². The van der Waals surface area contributed by atoms with Gasteiger partial charge in [0.15, 0.2) is 0 Å². The minimum atomic E-state index is -0.352. The molecular formula is C20H19FN2O2. The fourth-order valence-corrected chi connectivity index (χ4v) is 3.90. The standard InChI is InChI=1S/C20H19FN2O2/c21-16-8-6-15(7-9-16)19(25)22-11-10-20(13-22)12-18(24)23(14-20)17-4-2-1-3-5-17/h1-9H,10-14H2/t20-/m0/s1. The number of rotatable bonds is 2. The van der Waals surface area contributed by atoms with Crippen LogP contribution in [0.25, 0.3) is 0 Å². The van der Waals surface area contributed by atoms with Gasteiger partial charge < -0.3 is 9.80 Å². The SMILES string of the molecule is O=C(c1ccc(F)cc1)N1CC[C@]2(CC(=O)N(c3ccccc3)C2)C1. The minimum absolute atomic E-state index is 0.0949. The van der Waals surface area contributed by atoms with Crippen molar-refractivity contribution >= 4 is 17.5 Å². The second kappa shape index (κ2) is 5.99. The van der Waals surface area contributed by atoms with Crippen molar-refractivity contribution < 1.29 is 14.0 Å². The summed E-state index contributed by atoms with van der Waals surface area (Å²) in [5.74, 6) is -0.334. The summed E-state index contributed by atoms with van der Waals surface area (Å²) >= 11 is 0. The number of halogens is 1. The van der Waals surface area contributed by atoms with Gasteiger partial charge in [0.2, 0.25) is 5.91 Å². The van der Waals surface area contributed by atoms with Crippen molar-refractivity contribution in [1.29, 1.82) is 0 Å². The lowest BCUT2D eigenvalue weighted by atomic mass is 9.86. The molecular weight excluding hydrogens is 319 g/mol. The van der Waals surface area contributed by atoms with E-state index >= 15 is 0 Å². The first-order valence-electron chi connectivity index (χ1n) is 8.47. The van der Waals surface area contributed by atoms with Crippen LogP contribution in [0.3, 0.4) is 0 Å². The van der Waals surface area contributed by atoms with E-state index in [-0.39, 0.29) is 23.0 Å². The van der Waals surface area contributed by atoms with E-state index in [1.807, 2.05) is 35.2 Å². The number of nitrogens with zero attached hydrogens (tertiary/aromatic N) is 2. The largest absolute Gasteiger partial charge is 0.338 e. The molecule has 2 aromatic rings. The smallest absolute Gasteiger partial charge is 0.253 e. The monoisotopic (exact) mass is 338 g/mol. The highest BCUT2D eigenvalue weighted by atomic mass is 19.1. The van der Waals surface area contributed by atoms with Gasteiger partial charge in [0.05, 0.1) is 0 Å². The third-order valence-corrected chi connectivity index (χ3v) is 5.21. The molecule has 25 heavy (non-hydrogen) atoms. The summed E-state index contributed by atoms with van der Waals surface area (Å²) in [6, 6.07) is 15.3. The van der Waals surface area contributed by atoms with Crippen LogP contribution in [0.4, 0.5) is 10.1 Å². The van der Waals surface area contributed by atoms with E-state index < -0.39 is 0 Å². The van der Waals surface area contributed by atoms with Gasteiger partial charge in [-0.25, -0.2) is 4.39 Å². The topological polar surface area (TPSA) is 40.6 Å². The Bertz CT molecular complexity index is 806. The average molecular weight is 338 g/mol. The van der Waals surface area contributed by atoms with Crippen LogP contribution in [0.5, 0.6) is 0 Å². The Morgan fingerprint density at radius 1 is 1.00 bits per heavy atom. The van der Waals surface area contributed by atoms with Gasteiger partial charge in [-0.2, -0.15) is 0 Å². The van der Waals surface area contributed by atoms with Gasteiger partial charge in [0.1, 0.15) is 5.82 Å². The molecule has 0 unspecified atom stereocenters.